The molecular weight excluding hydrogens is 212 g/mol. The van der Waals surface area contributed by atoms with Crippen LogP contribution in [0.15, 0.2) is 0 Å². The third-order valence-corrected chi connectivity index (χ3v) is 2.26. The number of hydrogen-bond donors (Lipinski definition) is 3. The summed E-state index contributed by atoms with van der Waals surface area (Å²) in [6.45, 7) is 3.84. The minimum absolute atomic E-state index is 0.0421. The van der Waals surface area contributed by atoms with E-state index in [4.69, 9.17) is 15.6 Å². The van der Waals surface area contributed by atoms with Gasteiger partial charge >= 0.3 is 5.97 Å². The van der Waals surface area contributed by atoms with Crippen molar-refractivity contribution >= 4 is 11.9 Å². The molecule has 0 saturated carbocycles. The van der Waals surface area contributed by atoms with Crippen molar-refractivity contribution in [3.63, 3.8) is 0 Å². The van der Waals surface area contributed by atoms with Crippen molar-refractivity contribution in [1.82, 2.24) is 5.32 Å². The predicted octanol–water partition coefficient (Wildman–Crippen LogP) is -0.424. The molecule has 0 radical (unpaired) electrons. The quantitative estimate of drug-likeness (QED) is 0.553. The molecule has 0 heterocycles. The number of aliphatic carboxylic acids is 1. The van der Waals surface area contributed by atoms with Crippen molar-refractivity contribution in [2.24, 2.45) is 11.7 Å². The maximum absolute atomic E-state index is 11.5. The van der Waals surface area contributed by atoms with Crippen LogP contribution in [-0.4, -0.2) is 42.8 Å². The first-order valence-corrected chi connectivity index (χ1v) is 5.16. The molecule has 0 spiro atoms. The minimum Gasteiger partial charge on any atom is -0.481 e. The van der Waals surface area contributed by atoms with Crippen molar-refractivity contribution in [1.29, 1.82) is 0 Å². The molecule has 6 nitrogen and oxygen atoms in total. The maximum atomic E-state index is 11.5. The Bertz CT molecular complexity index is 243. The molecule has 0 bridgehead atoms. The van der Waals surface area contributed by atoms with Crippen molar-refractivity contribution in [3.05, 3.63) is 0 Å². The summed E-state index contributed by atoms with van der Waals surface area (Å²) in [5, 5.41) is 11.1. The first kappa shape index (κ1) is 14.9. The van der Waals surface area contributed by atoms with E-state index in [2.05, 4.69) is 5.32 Å². The van der Waals surface area contributed by atoms with E-state index in [1.165, 1.54) is 7.11 Å². The second-order valence-corrected chi connectivity index (χ2v) is 3.97. The zero-order chi connectivity index (χ0) is 12.7. The monoisotopic (exact) mass is 232 g/mol. The highest BCUT2D eigenvalue weighted by atomic mass is 16.5. The van der Waals surface area contributed by atoms with Crippen LogP contribution in [0.3, 0.4) is 0 Å². The Kier molecular flexibility index (Phi) is 6.67. The van der Waals surface area contributed by atoms with E-state index in [-0.39, 0.29) is 24.8 Å². The van der Waals surface area contributed by atoms with Gasteiger partial charge in [0.1, 0.15) is 0 Å². The lowest BCUT2D eigenvalue weighted by Gasteiger charge is -2.18. The molecule has 0 saturated heterocycles. The van der Waals surface area contributed by atoms with Gasteiger partial charge in [-0.3, -0.25) is 9.59 Å². The van der Waals surface area contributed by atoms with Gasteiger partial charge in [0, 0.05) is 13.7 Å². The van der Waals surface area contributed by atoms with Crippen molar-refractivity contribution in [2.45, 2.75) is 32.4 Å². The van der Waals surface area contributed by atoms with Gasteiger partial charge in [0.25, 0.3) is 0 Å². The number of nitrogens with two attached hydrogens (primary N) is 1. The first-order valence-electron chi connectivity index (χ1n) is 5.16. The van der Waals surface area contributed by atoms with Gasteiger partial charge in [0.2, 0.25) is 5.91 Å². The standard InChI is InChI=1S/C10H20N2O4/c1-6(2)9(11)10(15)12-5-7(16-3)4-8(13)14/h6-7,9H,4-5,11H2,1-3H3,(H,12,15)(H,13,14)/t7?,9-/m0/s1. The molecule has 4 N–H and O–H groups in total. The number of ether oxygens (including phenoxy) is 1. The molecule has 0 aromatic rings. The summed E-state index contributed by atoms with van der Waals surface area (Å²) in [5.74, 6) is -1.21. The summed E-state index contributed by atoms with van der Waals surface area (Å²) in [4.78, 5) is 21.9. The summed E-state index contributed by atoms with van der Waals surface area (Å²) < 4.78 is 4.92. The Morgan fingerprint density at radius 3 is 2.38 bits per heavy atom. The van der Waals surface area contributed by atoms with Crippen LogP contribution in [0.4, 0.5) is 0 Å². The lowest BCUT2D eigenvalue weighted by Crippen LogP contribution is -2.46. The second kappa shape index (κ2) is 7.19. The highest BCUT2D eigenvalue weighted by Gasteiger charge is 2.19. The van der Waals surface area contributed by atoms with Gasteiger partial charge in [-0.25, -0.2) is 0 Å². The van der Waals surface area contributed by atoms with Gasteiger partial charge in [-0.1, -0.05) is 13.8 Å². The Labute approximate surface area is 95.1 Å². The van der Waals surface area contributed by atoms with Gasteiger partial charge in [0.05, 0.1) is 18.6 Å². The van der Waals surface area contributed by atoms with Gasteiger partial charge < -0.3 is 20.9 Å². The fraction of sp³-hybridized carbons (Fsp3) is 0.800. The Balaban J connectivity index is 4.01. The maximum Gasteiger partial charge on any atom is 0.306 e. The lowest BCUT2D eigenvalue weighted by molar-refractivity contribution is -0.140. The molecule has 94 valence electrons. The molecule has 16 heavy (non-hydrogen) atoms. The molecule has 1 unspecified atom stereocenters. The van der Waals surface area contributed by atoms with E-state index in [9.17, 15) is 9.59 Å². The van der Waals surface area contributed by atoms with Crippen molar-refractivity contribution < 1.29 is 19.4 Å². The average Bonchev–Trinajstić information content (AvgIpc) is 2.21. The molecule has 0 aromatic heterocycles. The normalized spacial score (nSPS) is 14.6. The molecular formula is C10H20N2O4. The smallest absolute Gasteiger partial charge is 0.306 e. The zero-order valence-corrected chi connectivity index (χ0v) is 9.90. The van der Waals surface area contributed by atoms with Gasteiger partial charge in [-0.2, -0.15) is 0 Å². The Morgan fingerprint density at radius 1 is 1.44 bits per heavy atom. The first-order chi connectivity index (χ1) is 7.38. The Hall–Kier alpha value is -1.14. The molecule has 6 heteroatoms. The van der Waals surface area contributed by atoms with Crippen molar-refractivity contribution in [3.8, 4) is 0 Å². The summed E-state index contributed by atoms with van der Waals surface area (Å²) in [6, 6.07) is -0.581. The second-order valence-electron chi connectivity index (χ2n) is 3.97. The third kappa shape index (κ3) is 5.67. The van der Waals surface area contributed by atoms with Gasteiger partial charge in [-0.05, 0) is 5.92 Å². The third-order valence-electron chi connectivity index (χ3n) is 2.26. The zero-order valence-electron chi connectivity index (χ0n) is 9.90. The molecule has 0 aliphatic rings. The molecule has 1 amide bonds. The average molecular weight is 232 g/mol. The number of carboxylic acids is 1. The molecule has 0 aliphatic heterocycles. The lowest BCUT2D eigenvalue weighted by atomic mass is 10.0. The number of nitrogens with one attached hydrogen (secondary N) is 1. The van der Waals surface area contributed by atoms with E-state index in [0.29, 0.717) is 0 Å². The van der Waals surface area contributed by atoms with Crippen LogP contribution >= 0.6 is 0 Å². The van der Waals surface area contributed by atoms with Gasteiger partial charge in [-0.15, -0.1) is 0 Å². The number of carboxylic acid groups (broad SMARTS) is 1. The fourth-order valence-electron chi connectivity index (χ4n) is 1.07. The summed E-state index contributed by atoms with van der Waals surface area (Å²) in [7, 11) is 1.40. The molecule has 0 fully saturated rings. The van der Waals surface area contributed by atoms with E-state index in [0.717, 1.165) is 0 Å². The Morgan fingerprint density at radius 2 is 2.00 bits per heavy atom. The largest absolute Gasteiger partial charge is 0.481 e. The van der Waals surface area contributed by atoms with Gasteiger partial charge in [0.15, 0.2) is 0 Å². The van der Waals surface area contributed by atoms with Crippen LogP contribution < -0.4 is 11.1 Å². The number of carbonyl (C=O) groups excluding carboxylic acids is 1. The van der Waals surface area contributed by atoms with Crippen LogP contribution in [0.2, 0.25) is 0 Å². The van der Waals surface area contributed by atoms with E-state index >= 15 is 0 Å². The van der Waals surface area contributed by atoms with Crippen molar-refractivity contribution in [2.75, 3.05) is 13.7 Å². The summed E-state index contributed by atoms with van der Waals surface area (Å²) >= 11 is 0. The molecule has 2 atom stereocenters. The number of methoxy groups -OCH3 is 1. The van der Waals surface area contributed by atoms with E-state index in [1.807, 2.05) is 13.8 Å². The van der Waals surface area contributed by atoms with Crippen LogP contribution in [0, 0.1) is 5.92 Å². The molecule has 0 rings (SSSR count). The van der Waals surface area contributed by atoms with Crippen LogP contribution in [-0.2, 0) is 14.3 Å². The highest BCUT2D eigenvalue weighted by molar-refractivity contribution is 5.81. The molecule has 0 aromatic carbocycles. The summed E-state index contributed by atoms with van der Waals surface area (Å²) in [5.41, 5.74) is 5.62. The predicted molar refractivity (Wildman–Crippen MR) is 58.9 cm³/mol. The highest BCUT2D eigenvalue weighted by Crippen LogP contribution is 1.99. The van der Waals surface area contributed by atoms with Crippen LogP contribution in [0.1, 0.15) is 20.3 Å². The fourth-order valence-corrected chi connectivity index (χ4v) is 1.07. The van der Waals surface area contributed by atoms with Crippen LogP contribution in [0.5, 0.6) is 0 Å². The van der Waals surface area contributed by atoms with E-state index in [1.54, 1.807) is 0 Å². The SMILES string of the molecule is COC(CNC(=O)[C@@H](N)C(C)C)CC(=O)O. The number of rotatable bonds is 7. The summed E-state index contributed by atoms with van der Waals surface area (Å²) in [6.07, 6.45) is -0.672. The minimum atomic E-state index is -0.964. The van der Waals surface area contributed by atoms with E-state index < -0.39 is 18.1 Å². The number of amides is 1. The molecule has 0 aliphatic carbocycles. The topological polar surface area (TPSA) is 102 Å². The number of carbonyl (C=O) groups is 2. The van der Waals surface area contributed by atoms with Crippen LogP contribution in [0.25, 0.3) is 0 Å². The number of hydrogen-bond acceptors (Lipinski definition) is 4.